The summed E-state index contributed by atoms with van der Waals surface area (Å²) in [7, 11) is -0.895. The Morgan fingerprint density at radius 1 is 0.471 bits per heavy atom. The van der Waals surface area contributed by atoms with Gasteiger partial charge in [-0.25, -0.2) is 9.59 Å². The van der Waals surface area contributed by atoms with E-state index in [0.29, 0.717) is 12.0 Å². The van der Waals surface area contributed by atoms with Crippen LogP contribution in [0.1, 0.15) is 82.1 Å². The molecule has 0 bridgehead atoms. The lowest BCUT2D eigenvalue weighted by Gasteiger charge is -2.45. The van der Waals surface area contributed by atoms with E-state index < -0.39 is 196 Å². The van der Waals surface area contributed by atoms with E-state index in [1.807, 2.05) is 31.8 Å². The highest BCUT2D eigenvalue weighted by Gasteiger charge is 2.97. The summed E-state index contributed by atoms with van der Waals surface area (Å²) < 4.78 is 347. The molecule has 0 aliphatic carbocycles. The maximum atomic E-state index is 14.3. The number of rotatable bonds is 32. The van der Waals surface area contributed by atoms with Gasteiger partial charge in [-0.15, -0.1) is 0 Å². The Kier molecular flexibility index (Phi) is 31.6. The van der Waals surface area contributed by atoms with Crippen molar-refractivity contribution < 1.29 is 178 Å². The van der Waals surface area contributed by atoms with Gasteiger partial charge in [-0.2, -0.15) is 96.6 Å². The second-order valence-corrected chi connectivity index (χ2v) is 39.9. The summed E-state index contributed by atoms with van der Waals surface area (Å²) in [5.41, 5.74) is -4.19. The van der Waals surface area contributed by atoms with Crippen LogP contribution in [0.5, 0.6) is 0 Å². The van der Waals surface area contributed by atoms with Gasteiger partial charge in [0.2, 0.25) is 0 Å². The van der Waals surface area contributed by atoms with Crippen molar-refractivity contribution in [1.82, 2.24) is 0 Å². The fraction of sp³-hybridized carbons (Fsp3) is 0.689. The Morgan fingerprint density at radius 2 is 0.779 bits per heavy atom. The molecular weight excluding hydrogens is 1640 g/mol. The number of aliphatic hydroxyl groups excluding tert-OH is 1. The van der Waals surface area contributed by atoms with E-state index in [2.05, 4.69) is 92.1 Å². The molecule has 1 N–H and O–H groups in total. The van der Waals surface area contributed by atoms with Crippen LogP contribution in [-0.2, 0) is 66.6 Å². The Hall–Kier alpha value is -5.86. The average molecular weight is 1720 g/mol. The molecule has 17 nitrogen and oxygen atoms in total. The number of aliphatic hydroxyl groups is 1. The summed E-state index contributed by atoms with van der Waals surface area (Å²) in [5.74, 6) is -92.6. The molecule has 2 aromatic carbocycles. The second-order valence-electron chi connectivity index (χ2n) is 27.6. The molecule has 1 heterocycles. The van der Waals surface area contributed by atoms with Gasteiger partial charge in [0, 0.05) is 16.6 Å². The number of ether oxygens (including phenoxy) is 9. The molecule has 3 atom stereocenters. The van der Waals surface area contributed by atoms with Crippen molar-refractivity contribution in [3.63, 3.8) is 0 Å². The molecule has 3 rings (SSSR count). The van der Waals surface area contributed by atoms with Crippen LogP contribution in [0.25, 0.3) is 0 Å². The number of alkyl halides is 24. The van der Waals surface area contributed by atoms with Gasteiger partial charge < -0.3 is 47.7 Å². The maximum absolute atomic E-state index is 14.3. The number of hydrogen-bond acceptors (Lipinski definition) is 17. The molecule has 0 radical (unpaired) electrons. The van der Waals surface area contributed by atoms with Crippen molar-refractivity contribution in [1.29, 1.82) is 0 Å². The smallest absolute Gasteiger partial charge is 0.468 e. The van der Waals surface area contributed by atoms with Gasteiger partial charge in [0.1, 0.15) is 43.9 Å². The Morgan fingerprint density at radius 3 is 1.10 bits per heavy atom. The van der Waals surface area contributed by atoms with Crippen molar-refractivity contribution >= 4 is 101 Å². The molecule has 0 spiro atoms. The van der Waals surface area contributed by atoms with Gasteiger partial charge in [0.15, 0.2) is 19.8 Å². The quantitative estimate of drug-likeness (QED) is 0.0236. The molecule has 1 aliphatic rings. The van der Waals surface area contributed by atoms with Gasteiger partial charge in [0.05, 0.1) is 41.2 Å². The highest BCUT2D eigenvalue weighted by molar-refractivity contribution is 9.09. The molecule has 1 saturated heterocycles. The standard InChI is InChI=1S/C27H27BrF20O3Si.C27H39BrF2O9Si.C7H10O5/c1-17(2,10-15(28)13-6-8-14(9-7-13)52(3,4)5)16(50)51-12-19(31,32)21(35,36)23(39,40)25(43,44)27(47,48)26(45,46)24(41,42)22(37,38)20(33,34)18(29,30)11-49;1-18(31)36-14-26(4,23(33)35-5)15-38-24(34)39-17-27(29,30)16-37-22(32)25(2,3)13-21(28)19-9-11-20(12-10-19)40(6,7)8;1-7(5(8)10-2)3-11-6(9)12-4-7/h6-9,15,49H,10-12H2,1-5H3;9-12,21H,13-17H2,1-8H3;3-4H2,1-2H3. The predicted octanol–water partition coefficient (Wildman–Crippen LogP) is 15.5. The number of carbonyl (C=O) groups excluding carboxylic acids is 7. The molecule has 0 aromatic heterocycles. The van der Waals surface area contributed by atoms with Crippen LogP contribution in [-0.4, -0.2) is 196 Å². The van der Waals surface area contributed by atoms with E-state index in [9.17, 15) is 130 Å². The van der Waals surface area contributed by atoms with E-state index in [0.717, 1.165) is 38.6 Å². The molecule has 104 heavy (non-hydrogen) atoms. The number of halogens is 24. The highest BCUT2D eigenvalue weighted by Crippen LogP contribution is 2.66. The second kappa shape index (κ2) is 34.2. The first kappa shape index (κ1) is 96.2. The molecule has 598 valence electrons. The van der Waals surface area contributed by atoms with Crippen LogP contribution in [0.15, 0.2) is 48.5 Å². The third-order valence-electron chi connectivity index (χ3n) is 15.3. The zero-order valence-corrected chi connectivity index (χ0v) is 63.1. The van der Waals surface area contributed by atoms with E-state index >= 15 is 0 Å². The Bertz CT molecular complexity index is 3270. The van der Waals surface area contributed by atoms with Crippen LogP contribution >= 0.6 is 31.9 Å². The summed E-state index contributed by atoms with van der Waals surface area (Å²) in [6, 6.07) is 14.7. The molecule has 1 fully saturated rings. The first-order chi connectivity index (χ1) is 46.3. The molecule has 0 amide bonds. The summed E-state index contributed by atoms with van der Waals surface area (Å²) in [5, 5.41) is 10.3. The van der Waals surface area contributed by atoms with E-state index in [1.54, 1.807) is 45.0 Å². The lowest BCUT2D eigenvalue weighted by Crippen LogP contribution is -2.77. The minimum absolute atomic E-state index is 0.0124. The fourth-order valence-electron chi connectivity index (χ4n) is 8.25. The SMILES string of the molecule is CC(C)(CC(Br)c1ccc([Si](C)(C)C)cc1)C(=O)OCC(F)(F)C(F)(F)C(F)(F)C(F)(F)C(F)(F)C(F)(F)C(F)(F)C(F)(F)C(F)(F)C(F)(F)CO.COC(=O)C(C)(COC(C)=O)COC(=O)OCC(F)(F)COC(=O)C(C)(C)CC(Br)c1ccc([Si](C)(C)C)cc1.COC(=O)C1(C)COC(=O)OC1. The third-order valence-corrected chi connectivity index (χ3v) is 21.2. The summed E-state index contributed by atoms with van der Waals surface area (Å²) >= 11 is 6.74. The van der Waals surface area contributed by atoms with Crippen molar-refractivity contribution in [2.24, 2.45) is 21.7 Å². The van der Waals surface area contributed by atoms with Gasteiger partial charge in [-0.3, -0.25) is 24.0 Å². The minimum Gasteiger partial charge on any atom is -0.468 e. The van der Waals surface area contributed by atoms with Crippen LogP contribution in [0.4, 0.5) is 106 Å². The normalized spacial score (nSPS) is 16.0. The van der Waals surface area contributed by atoms with E-state index in [4.69, 9.17) is 19.3 Å². The first-order valence-corrected chi connectivity index (χ1v) is 38.7. The molecule has 0 saturated carbocycles. The van der Waals surface area contributed by atoms with E-state index in [1.165, 1.54) is 19.2 Å². The topological polar surface area (TPSA) is 223 Å². The zero-order valence-electron chi connectivity index (χ0n) is 57.9. The summed E-state index contributed by atoms with van der Waals surface area (Å²) in [4.78, 5) is 80.5. The monoisotopic (exact) mass is 1710 g/mol. The number of methoxy groups -OCH3 is 2. The highest BCUT2D eigenvalue weighted by atomic mass is 79.9. The molecule has 1 aliphatic heterocycles. The van der Waals surface area contributed by atoms with Crippen molar-refractivity contribution in [3.05, 3.63) is 59.7 Å². The van der Waals surface area contributed by atoms with Crippen LogP contribution in [0, 0.1) is 21.7 Å². The van der Waals surface area contributed by atoms with Gasteiger partial charge in [-0.1, -0.05) is 130 Å². The predicted molar refractivity (Wildman–Crippen MR) is 334 cm³/mol. The van der Waals surface area contributed by atoms with Crippen LogP contribution < -0.4 is 10.4 Å². The molecule has 2 aromatic rings. The van der Waals surface area contributed by atoms with Gasteiger partial charge in [-0.05, 0) is 65.5 Å². The number of carbonyl (C=O) groups is 7. The fourth-order valence-corrected chi connectivity index (χ4v) is 12.8. The van der Waals surface area contributed by atoms with Gasteiger partial charge >= 0.3 is 107 Å². The van der Waals surface area contributed by atoms with Crippen molar-refractivity contribution in [2.75, 3.05) is 67.1 Å². The van der Waals surface area contributed by atoms with Crippen molar-refractivity contribution in [2.45, 2.75) is 175 Å². The Balaban J connectivity index is 0.000000913. The summed E-state index contributed by atoms with van der Waals surface area (Å²) in [6.07, 6.45) is -2.40. The van der Waals surface area contributed by atoms with Crippen LogP contribution in [0.3, 0.4) is 0 Å². The van der Waals surface area contributed by atoms with Crippen LogP contribution in [0.2, 0.25) is 39.3 Å². The molecular formula is C61H76Br2F22O17Si2. The largest absolute Gasteiger partial charge is 0.508 e. The number of cyclic esters (lactones) is 2. The molecule has 43 heteroatoms. The summed E-state index contributed by atoms with van der Waals surface area (Å²) in [6.45, 7) is 10.8. The molecule has 3 unspecified atom stereocenters. The Labute approximate surface area is 599 Å². The third kappa shape index (κ3) is 22.2. The zero-order chi connectivity index (χ0) is 82.1. The lowest BCUT2D eigenvalue weighted by atomic mass is 9.85. The number of benzene rings is 2. The average Bonchev–Trinajstić information content (AvgIpc) is 0.687. The number of esters is 5. The number of hydrogen-bond donors (Lipinski definition) is 1. The van der Waals surface area contributed by atoms with Gasteiger partial charge in [0.25, 0.3) is 0 Å². The lowest BCUT2D eigenvalue weighted by molar-refractivity contribution is -0.469. The first-order valence-electron chi connectivity index (χ1n) is 29.8. The minimum atomic E-state index is -9.18. The maximum Gasteiger partial charge on any atom is 0.508 e. The van der Waals surface area contributed by atoms with E-state index in [-0.39, 0.29) is 18.0 Å². The van der Waals surface area contributed by atoms with Crippen molar-refractivity contribution in [3.8, 4) is 0 Å².